The summed E-state index contributed by atoms with van der Waals surface area (Å²) in [4.78, 5) is 2.58. The summed E-state index contributed by atoms with van der Waals surface area (Å²) in [5.74, 6) is 1.01. The van der Waals surface area contributed by atoms with Crippen LogP contribution in [0.4, 0.5) is 0 Å². The third-order valence-electron chi connectivity index (χ3n) is 4.48. The monoisotopic (exact) mass is 276 g/mol. The van der Waals surface area contributed by atoms with Gasteiger partial charge in [-0.05, 0) is 39.7 Å². The maximum atomic E-state index is 6.00. The molecule has 3 unspecified atom stereocenters. The molecular weight excluding hydrogens is 248 g/mol. The Kier molecular flexibility index (Phi) is 5.44. The molecule has 1 aliphatic heterocycles. The first kappa shape index (κ1) is 15.3. The van der Waals surface area contributed by atoms with Crippen molar-refractivity contribution in [3.05, 3.63) is 29.8 Å². The highest BCUT2D eigenvalue weighted by Gasteiger charge is 2.32. The van der Waals surface area contributed by atoms with Gasteiger partial charge in [0.2, 0.25) is 0 Å². The Morgan fingerprint density at radius 2 is 2.10 bits per heavy atom. The highest BCUT2D eigenvalue weighted by atomic mass is 16.5. The van der Waals surface area contributed by atoms with Gasteiger partial charge >= 0.3 is 0 Å². The fourth-order valence-corrected chi connectivity index (χ4v) is 3.52. The van der Waals surface area contributed by atoms with E-state index >= 15 is 0 Å². The van der Waals surface area contributed by atoms with Crippen molar-refractivity contribution in [3.8, 4) is 5.75 Å². The number of nitrogens with two attached hydrogens (primary N) is 1. The van der Waals surface area contributed by atoms with E-state index in [1.807, 2.05) is 13.0 Å². The second-order valence-electron chi connectivity index (χ2n) is 5.76. The lowest BCUT2D eigenvalue weighted by atomic mass is 9.92. The molecule has 0 spiro atoms. The molecule has 1 aliphatic rings. The fraction of sp³-hybridized carbons (Fsp3) is 0.647. The second kappa shape index (κ2) is 7.09. The lowest BCUT2D eigenvalue weighted by molar-refractivity contribution is 0.0558. The molecule has 0 saturated carbocycles. The Balaban J connectivity index is 2.26. The van der Waals surface area contributed by atoms with Gasteiger partial charge in [-0.25, -0.2) is 0 Å². The number of piperidine rings is 1. The number of nitrogens with zero attached hydrogens (tertiary/aromatic N) is 1. The molecule has 1 saturated heterocycles. The van der Waals surface area contributed by atoms with Crippen molar-refractivity contribution in [1.29, 1.82) is 0 Å². The molecule has 0 aliphatic carbocycles. The van der Waals surface area contributed by atoms with Crippen LogP contribution in [-0.4, -0.2) is 30.1 Å². The lowest BCUT2D eigenvalue weighted by Crippen LogP contribution is -2.49. The van der Waals surface area contributed by atoms with Crippen molar-refractivity contribution in [2.45, 2.75) is 58.2 Å². The molecule has 1 heterocycles. The van der Waals surface area contributed by atoms with Gasteiger partial charge in [-0.1, -0.05) is 24.6 Å². The van der Waals surface area contributed by atoms with Gasteiger partial charge in [0.05, 0.1) is 6.61 Å². The number of benzene rings is 1. The molecule has 1 fully saturated rings. The minimum atomic E-state index is 0.349. The first-order valence-corrected chi connectivity index (χ1v) is 7.88. The van der Waals surface area contributed by atoms with E-state index in [9.17, 15) is 0 Å². The maximum Gasteiger partial charge on any atom is 0.124 e. The summed E-state index contributed by atoms with van der Waals surface area (Å²) in [6.07, 6.45) is 3.76. The van der Waals surface area contributed by atoms with Crippen molar-refractivity contribution < 1.29 is 4.74 Å². The number of hydrogen-bond donors (Lipinski definition) is 1. The molecule has 0 bridgehead atoms. The van der Waals surface area contributed by atoms with Crippen molar-refractivity contribution in [1.82, 2.24) is 4.90 Å². The largest absolute Gasteiger partial charge is 0.494 e. The SMILES string of the molecule is CCOc1ccccc1C(C)N1C(C)CCCC1CN. The van der Waals surface area contributed by atoms with Crippen molar-refractivity contribution in [2.24, 2.45) is 5.73 Å². The van der Waals surface area contributed by atoms with Crippen molar-refractivity contribution >= 4 is 0 Å². The number of ether oxygens (including phenoxy) is 1. The van der Waals surface area contributed by atoms with E-state index in [1.165, 1.54) is 24.8 Å². The highest BCUT2D eigenvalue weighted by molar-refractivity contribution is 5.36. The Morgan fingerprint density at radius 3 is 2.80 bits per heavy atom. The van der Waals surface area contributed by atoms with Crippen LogP contribution in [0.15, 0.2) is 24.3 Å². The first-order chi connectivity index (χ1) is 9.69. The lowest BCUT2D eigenvalue weighted by Gasteiger charge is -2.44. The van der Waals surface area contributed by atoms with Crippen LogP contribution in [-0.2, 0) is 0 Å². The number of para-hydroxylation sites is 1. The molecule has 0 radical (unpaired) electrons. The van der Waals surface area contributed by atoms with Crippen LogP contribution in [0.1, 0.15) is 51.6 Å². The van der Waals surface area contributed by atoms with E-state index in [2.05, 4.69) is 36.9 Å². The molecular formula is C17H28N2O. The zero-order valence-electron chi connectivity index (χ0n) is 13.0. The molecule has 3 nitrogen and oxygen atoms in total. The summed E-state index contributed by atoms with van der Waals surface area (Å²) in [5, 5.41) is 0. The third kappa shape index (κ3) is 3.15. The molecule has 3 atom stereocenters. The Labute approximate surface area is 123 Å². The van der Waals surface area contributed by atoms with Gasteiger partial charge in [-0.3, -0.25) is 4.90 Å². The van der Waals surface area contributed by atoms with Gasteiger partial charge in [0.15, 0.2) is 0 Å². The van der Waals surface area contributed by atoms with Crippen molar-refractivity contribution in [2.75, 3.05) is 13.2 Å². The van der Waals surface area contributed by atoms with E-state index in [4.69, 9.17) is 10.5 Å². The smallest absolute Gasteiger partial charge is 0.124 e. The third-order valence-corrected chi connectivity index (χ3v) is 4.48. The second-order valence-corrected chi connectivity index (χ2v) is 5.76. The van der Waals surface area contributed by atoms with Crippen molar-refractivity contribution in [3.63, 3.8) is 0 Å². The summed E-state index contributed by atoms with van der Waals surface area (Å²) >= 11 is 0. The van der Waals surface area contributed by atoms with E-state index < -0.39 is 0 Å². The number of hydrogen-bond acceptors (Lipinski definition) is 3. The zero-order chi connectivity index (χ0) is 14.5. The minimum Gasteiger partial charge on any atom is -0.494 e. The van der Waals surface area contributed by atoms with Crippen LogP contribution in [0.2, 0.25) is 0 Å². The van der Waals surface area contributed by atoms with E-state index in [-0.39, 0.29) is 0 Å². The van der Waals surface area contributed by atoms with Gasteiger partial charge in [0, 0.05) is 30.2 Å². The normalized spacial score (nSPS) is 25.4. The molecule has 1 aromatic carbocycles. The molecule has 2 rings (SSSR count). The van der Waals surface area contributed by atoms with Crippen LogP contribution in [0.3, 0.4) is 0 Å². The summed E-state index contributed by atoms with van der Waals surface area (Å²) in [5.41, 5.74) is 7.27. The van der Waals surface area contributed by atoms with Gasteiger partial charge in [0.25, 0.3) is 0 Å². The molecule has 1 aromatic rings. The van der Waals surface area contributed by atoms with E-state index in [1.54, 1.807) is 0 Å². The predicted octanol–water partition coefficient (Wildman–Crippen LogP) is 3.35. The summed E-state index contributed by atoms with van der Waals surface area (Å²) < 4.78 is 5.80. The van der Waals surface area contributed by atoms with Crippen LogP contribution in [0.5, 0.6) is 5.75 Å². The van der Waals surface area contributed by atoms with Crippen LogP contribution in [0.25, 0.3) is 0 Å². The fourth-order valence-electron chi connectivity index (χ4n) is 3.52. The van der Waals surface area contributed by atoms with E-state index in [0.717, 1.165) is 12.3 Å². The summed E-state index contributed by atoms with van der Waals surface area (Å²) in [7, 11) is 0. The van der Waals surface area contributed by atoms with Crippen LogP contribution in [0, 0.1) is 0 Å². The molecule has 112 valence electrons. The molecule has 20 heavy (non-hydrogen) atoms. The van der Waals surface area contributed by atoms with Gasteiger partial charge < -0.3 is 10.5 Å². The minimum absolute atomic E-state index is 0.349. The van der Waals surface area contributed by atoms with Gasteiger partial charge in [-0.2, -0.15) is 0 Å². The first-order valence-electron chi connectivity index (χ1n) is 7.88. The summed E-state index contributed by atoms with van der Waals surface area (Å²) in [6, 6.07) is 9.82. The standard InChI is InChI=1S/C17H28N2O/c1-4-20-17-11-6-5-10-16(17)14(3)19-13(2)8-7-9-15(19)12-18/h5-6,10-11,13-15H,4,7-9,12,18H2,1-3H3. The maximum absolute atomic E-state index is 6.00. The van der Waals surface area contributed by atoms with Crippen LogP contribution < -0.4 is 10.5 Å². The van der Waals surface area contributed by atoms with Gasteiger partial charge in [-0.15, -0.1) is 0 Å². The molecule has 3 heteroatoms. The molecule has 2 N–H and O–H groups in total. The van der Waals surface area contributed by atoms with E-state index in [0.29, 0.717) is 24.7 Å². The Bertz CT molecular complexity index is 421. The molecule has 0 aromatic heterocycles. The predicted molar refractivity (Wildman–Crippen MR) is 84.0 cm³/mol. The zero-order valence-corrected chi connectivity index (χ0v) is 13.0. The average molecular weight is 276 g/mol. The number of likely N-dealkylation sites (tertiary alicyclic amines) is 1. The average Bonchev–Trinajstić information content (AvgIpc) is 2.47. The number of rotatable bonds is 5. The molecule has 0 amide bonds. The highest BCUT2D eigenvalue weighted by Crippen LogP contribution is 2.35. The Morgan fingerprint density at radius 1 is 1.35 bits per heavy atom. The quantitative estimate of drug-likeness (QED) is 0.896. The summed E-state index contributed by atoms with van der Waals surface area (Å²) in [6.45, 7) is 8.09. The topological polar surface area (TPSA) is 38.5 Å². The van der Waals surface area contributed by atoms with Crippen LogP contribution >= 0.6 is 0 Å². The Hall–Kier alpha value is -1.06. The van der Waals surface area contributed by atoms with Gasteiger partial charge in [0.1, 0.15) is 5.75 Å².